The molecule has 0 saturated carbocycles. The Morgan fingerprint density at radius 2 is 1.68 bits per heavy atom. The molecule has 0 radical (unpaired) electrons. The highest BCUT2D eigenvalue weighted by atomic mass is 32.1. The summed E-state index contributed by atoms with van der Waals surface area (Å²) >= 11 is 1.99. The van der Waals surface area contributed by atoms with Gasteiger partial charge in [-0.1, -0.05) is 18.6 Å². The molecule has 2 aromatic rings. The summed E-state index contributed by atoms with van der Waals surface area (Å²) in [6, 6.07) is 13.0. The van der Waals surface area contributed by atoms with Crippen molar-refractivity contribution < 1.29 is 4.74 Å². The summed E-state index contributed by atoms with van der Waals surface area (Å²) in [5, 5.41) is 0. The van der Waals surface area contributed by atoms with E-state index in [1.165, 1.54) is 47.7 Å². The molecule has 2 fully saturated rings. The average Bonchev–Trinajstić information content (AvgIpc) is 3.01. The highest BCUT2D eigenvalue weighted by Crippen LogP contribution is 2.25. The molecule has 0 spiro atoms. The second-order valence-electron chi connectivity index (χ2n) is 7.46. The highest BCUT2D eigenvalue weighted by Gasteiger charge is 2.28. The number of benzene rings is 1. The van der Waals surface area contributed by atoms with Crippen LogP contribution in [0.25, 0.3) is 0 Å². The monoisotopic (exact) mass is 356 g/mol. The summed E-state index contributed by atoms with van der Waals surface area (Å²) in [4.78, 5) is 8.09. The number of rotatable bonds is 6. The van der Waals surface area contributed by atoms with E-state index in [1.807, 2.05) is 11.3 Å². The van der Waals surface area contributed by atoms with Crippen LogP contribution < -0.4 is 4.74 Å². The number of piperidine rings is 1. The number of hydrogen-bond acceptors (Lipinski definition) is 4. The maximum atomic E-state index is 6.06. The summed E-state index contributed by atoms with van der Waals surface area (Å²) in [7, 11) is 0. The summed E-state index contributed by atoms with van der Waals surface area (Å²) in [6.45, 7) is 8.94. The molecule has 2 aliphatic heterocycles. The van der Waals surface area contributed by atoms with Gasteiger partial charge in [0.2, 0.25) is 0 Å². The molecule has 2 saturated heterocycles. The molecular formula is C21H28N2OS. The van der Waals surface area contributed by atoms with Crippen LogP contribution in [0.4, 0.5) is 0 Å². The molecule has 2 aliphatic rings. The predicted molar refractivity (Wildman–Crippen MR) is 104 cm³/mol. The van der Waals surface area contributed by atoms with Crippen LogP contribution in [-0.2, 0) is 13.1 Å². The predicted octanol–water partition coefficient (Wildman–Crippen LogP) is 4.31. The van der Waals surface area contributed by atoms with Gasteiger partial charge in [0.1, 0.15) is 11.9 Å². The average molecular weight is 357 g/mol. The third-order valence-electron chi connectivity index (χ3n) is 5.14. The minimum absolute atomic E-state index is 0.342. The Hall–Kier alpha value is -1.36. The van der Waals surface area contributed by atoms with Crippen molar-refractivity contribution in [3.8, 4) is 5.75 Å². The lowest BCUT2D eigenvalue weighted by Gasteiger charge is -2.38. The quantitative estimate of drug-likeness (QED) is 0.767. The first-order valence-electron chi connectivity index (χ1n) is 9.50. The third-order valence-corrected chi connectivity index (χ3v) is 6.20. The zero-order valence-corrected chi connectivity index (χ0v) is 15.9. The largest absolute Gasteiger partial charge is 0.488 e. The fraction of sp³-hybridized carbons (Fsp3) is 0.524. The van der Waals surface area contributed by atoms with Crippen LogP contribution in [0.3, 0.4) is 0 Å². The van der Waals surface area contributed by atoms with Gasteiger partial charge in [-0.3, -0.25) is 9.80 Å². The Morgan fingerprint density at radius 1 is 0.960 bits per heavy atom. The van der Waals surface area contributed by atoms with Crippen LogP contribution >= 0.6 is 11.3 Å². The third kappa shape index (κ3) is 4.63. The van der Waals surface area contributed by atoms with Crippen molar-refractivity contribution in [1.29, 1.82) is 0 Å². The van der Waals surface area contributed by atoms with E-state index < -0.39 is 0 Å². The van der Waals surface area contributed by atoms with E-state index in [1.54, 1.807) is 0 Å². The molecule has 0 unspecified atom stereocenters. The van der Waals surface area contributed by atoms with Crippen molar-refractivity contribution >= 4 is 11.3 Å². The van der Waals surface area contributed by atoms with Crippen molar-refractivity contribution in [2.45, 2.75) is 45.4 Å². The van der Waals surface area contributed by atoms with Gasteiger partial charge in [0, 0.05) is 35.9 Å². The molecule has 3 heterocycles. The number of ether oxygens (including phenoxy) is 1. The minimum atomic E-state index is 0.342. The molecule has 25 heavy (non-hydrogen) atoms. The van der Waals surface area contributed by atoms with Gasteiger partial charge in [0.05, 0.1) is 0 Å². The topological polar surface area (TPSA) is 15.7 Å². The van der Waals surface area contributed by atoms with Crippen LogP contribution in [0.1, 0.15) is 34.6 Å². The lowest BCUT2D eigenvalue weighted by atomic mass is 10.1. The standard InChI is InChI=1S/C21H28N2OS/c1-17-6-5-7-18(12-17)24-19-13-23(14-19)16-21-9-8-20(25-21)15-22-10-3-2-4-11-22/h5-9,12,19H,2-4,10-11,13-16H2,1H3. The molecule has 3 nitrogen and oxygen atoms in total. The van der Waals surface area contributed by atoms with E-state index in [0.29, 0.717) is 6.10 Å². The Labute approximate surface area is 155 Å². The fourth-order valence-electron chi connectivity index (χ4n) is 3.76. The molecule has 0 aliphatic carbocycles. The van der Waals surface area contributed by atoms with E-state index in [0.717, 1.165) is 31.9 Å². The van der Waals surface area contributed by atoms with Crippen LogP contribution in [0.2, 0.25) is 0 Å². The van der Waals surface area contributed by atoms with Gasteiger partial charge in [0.15, 0.2) is 0 Å². The molecule has 4 heteroatoms. The maximum absolute atomic E-state index is 6.06. The van der Waals surface area contributed by atoms with Crippen molar-refractivity contribution in [3.05, 3.63) is 51.7 Å². The van der Waals surface area contributed by atoms with Crippen LogP contribution in [0, 0.1) is 6.92 Å². The molecule has 0 bridgehead atoms. The molecule has 0 amide bonds. The van der Waals surface area contributed by atoms with Gasteiger partial charge in [0.25, 0.3) is 0 Å². The van der Waals surface area contributed by atoms with E-state index in [-0.39, 0.29) is 0 Å². The molecule has 1 aromatic carbocycles. The Bertz CT molecular complexity index is 687. The number of aryl methyl sites for hydroxylation is 1. The van der Waals surface area contributed by atoms with Crippen LogP contribution in [0.5, 0.6) is 5.75 Å². The SMILES string of the molecule is Cc1cccc(OC2CN(Cc3ccc(CN4CCCCC4)s3)C2)c1. The maximum Gasteiger partial charge on any atom is 0.124 e. The summed E-state index contributed by atoms with van der Waals surface area (Å²) in [6.07, 6.45) is 4.49. The van der Waals surface area contributed by atoms with Crippen molar-refractivity contribution in [3.63, 3.8) is 0 Å². The van der Waals surface area contributed by atoms with E-state index in [4.69, 9.17) is 4.74 Å². The molecule has 4 rings (SSSR count). The van der Waals surface area contributed by atoms with Crippen LogP contribution in [0.15, 0.2) is 36.4 Å². The van der Waals surface area contributed by atoms with Gasteiger partial charge >= 0.3 is 0 Å². The molecule has 0 atom stereocenters. The van der Waals surface area contributed by atoms with E-state index in [9.17, 15) is 0 Å². The Morgan fingerprint density at radius 3 is 2.40 bits per heavy atom. The first-order chi connectivity index (χ1) is 12.2. The summed E-state index contributed by atoms with van der Waals surface area (Å²) in [5.41, 5.74) is 1.26. The smallest absolute Gasteiger partial charge is 0.124 e. The molecule has 0 N–H and O–H groups in total. The number of likely N-dealkylation sites (tertiary alicyclic amines) is 2. The van der Waals surface area contributed by atoms with E-state index in [2.05, 4.69) is 53.1 Å². The minimum Gasteiger partial charge on any atom is -0.488 e. The lowest BCUT2D eigenvalue weighted by molar-refractivity contribution is 0.0152. The van der Waals surface area contributed by atoms with Crippen molar-refractivity contribution in [2.75, 3.05) is 26.2 Å². The number of thiophene rings is 1. The number of nitrogens with zero attached hydrogens (tertiary/aromatic N) is 2. The lowest BCUT2D eigenvalue weighted by Crippen LogP contribution is -2.52. The Kier molecular flexibility index (Phi) is 5.39. The van der Waals surface area contributed by atoms with Gasteiger partial charge in [-0.15, -0.1) is 11.3 Å². The first-order valence-corrected chi connectivity index (χ1v) is 10.3. The van der Waals surface area contributed by atoms with Gasteiger partial charge in [-0.2, -0.15) is 0 Å². The van der Waals surface area contributed by atoms with Gasteiger partial charge in [-0.05, 0) is 62.7 Å². The summed E-state index contributed by atoms with van der Waals surface area (Å²) in [5.74, 6) is 1.00. The van der Waals surface area contributed by atoms with Gasteiger partial charge < -0.3 is 4.74 Å². The molecular weight excluding hydrogens is 328 g/mol. The van der Waals surface area contributed by atoms with Crippen molar-refractivity contribution in [1.82, 2.24) is 9.80 Å². The first kappa shape index (κ1) is 17.1. The molecule has 1 aromatic heterocycles. The summed E-state index contributed by atoms with van der Waals surface area (Å²) < 4.78 is 6.06. The second kappa shape index (κ2) is 7.90. The Balaban J connectivity index is 1.21. The number of hydrogen-bond donors (Lipinski definition) is 0. The van der Waals surface area contributed by atoms with Crippen molar-refractivity contribution in [2.24, 2.45) is 0 Å². The van der Waals surface area contributed by atoms with E-state index >= 15 is 0 Å². The second-order valence-corrected chi connectivity index (χ2v) is 8.71. The zero-order valence-electron chi connectivity index (χ0n) is 15.1. The fourth-order valence-corrected chi connectivity index (χ4v) is 4.86. The highest BCUT2D eigenvalue weighted by molar-refractivity contribution is 7.11. The normalized spacial score (nSPS) is 19.7. The zero-order chi connectivity index (χ0) is 17.1. The van der Waals surface area contributed by atoms with Crippen LogP contribution in [-0.4, -0.2) is 42.1 Å². The molecule has 134 valence electrons. The van der Waals surface area contributed by atoms with Gasteiger partial charge in [-0.25, -0.2) is 0 Å².